The van der Waals surface area contributed by atoms with E-state index in [-0.39, 0.29) is 6.10 Å². The summed E-state index contributed by atoms with van der Waals surface area (Å²) in [6.45, 7) is 4.88. The van der Waals surface area contributed by atoms with Crippen LogP contribution in [0.1, 0.15) is 20.8 Å². The standard InChI is InChI=1S/C3H8O.C2H3N/c1-3(2)4;1-2-3/h3-4H,1-2H3;1H3. The summed E-state index contributed by atoms with van der Waals surface area (Å²) >= 11 is 0. The lowest BCUT2D eigenvalue weighted by Crippen LogP contribution is -1.85. The van der Waals surface area contributed by atoms with E-state index in [0.29, 0.717) is 0 Å². The normalized spacial score (nSPS) is 6.29. The Kier molecular flexibility index (Phi) is 12.5. The van der Waals surface area contributed by atoms with E-state index in [0.717, 1.165) is 0 Å². The smallest absolute Gasteiger partial charge is 0.0587 e. The number of nitrogens with zero attached hydrogens (tertiary/aromatic N) is 1. The van der Waals surface area contributed by atoms with Gasteiger partial charge in [-0.3, -0.25) is 0 Å². The third kappa shape index (κ3) is 214. The van der Waals surface area contributed by atoms with E-state index in [1.807, 2.05) is 0 Å². The summed E-state index contributed by atoms with van der Waals surface area (Å²) in [6, 6.07) is 1.75. The summed E-state index contributed by atoms with van der Waals surface area (Å²) in [5.41, 5.74) is 0. The number of nitriles is 1. The Bertz CT molecular complexity index is 50.8. The fraction of sp³-hybridized carbons (Fsp3) is 0.800. The Labute approximate surface area is 44.4 Å². The van der Waals surface area contributed by atoms with Gasteiger partial charge in [-0.2, -0.15) is 5.26 Å². The first-order valence-electron chi connectivity index (χ1n) is 2.14. The summed E-state index contributed by atoms with van der Waals surface area (Å²) in [7, 11) is 0. The van der Waals surface area contributed by atoms with Crippen molar-refractivity contribution in [3.8, 4) is 6.07 Å². The first kappa shape index (κ1) is 9.67. The molecule has 0 aromatic heterocycles. The monoisotopic (exact) mass is 101 g/mol. The van der Waals surface area contributed by atoms with Gasteiger partial charge in [0.2, 0.25) is 0 Å². The first-order valence-corrected chi connectivity index (χ1v) is 2.14. The molecule has 0 radical (unpaired) electrons. The SMILES string of the molecule is CC#N.CC(C)O. The molecule has 0 bridgehead atoms. The van der Waals surface area contributed by atoms with Crippen molar-refractivity contribution < 1.29 is 5.11 Å². The molecule has 2 heteroatoms. The maximum Gasteiger partial charge on any atom is 0.0587 e. The number of aliphatic hydroxyl groups excluding tert-OH is 1. The topological polar surface area (TPSA) is 44.0 Å². The number of hydrogen-bond acceptors (Lipinski definition) is 2. The van der Waals surface area contributed by atoms with Crippen molar-refractivity contribution in [3.05, 3.63) is 0 Å². The Morgan fingerprint density at radius 2 is 1.57 bits per heavy atom. The second-order valence-corrected chi connectivity index (χ2v) is 1.32. The summed E-state index contributed by atoms with van der Waals surface area (Å²) in [5, 5.41) is 15.4. The molecule has 0 aromatic rings. The highest BCUT2D eigenvalue weighted by molar-refractivity contribution is 4.51. The van der Waals surface area contributed by atoms with Gasteiger partial charge in [-0.05, 0) is 13.8 Å². The van der Waals surface area contributed by atoms with Crippen LogP contribution in [0.2, 0.25) is 0 Å². The highest BCUT2D eigenvalue weighted by Gasteiger charge is 1.69. The second-order valence-electron chi connectivity index (χ2n) is 1.32. The highest BCUT2D eigenvalue weighted by Crippen LogP contribution is 1.65. The second kappa shape index (κ2) is 9.07. The lowest BCUT2D eigenvalue weighted by molar-refractivity contribution is 0.216. The van der Waals surface area contributed by atoms with E-state index in [4.69, 9.17) is 10.4 Å². The quantitative estimate of drug-likeness (QED) is 0.493. The fourth-order valence-corrected chi connectivity index (χ4v) is 0. The predicted molar refractivity (Wildman–Crippen MR) is 28.6 cm³/mol. The molecule has 0 aliphatic rings. The lowest BCUT2D eigenvalue weighted by Gasteiger charge is -1.80. The average molecular weight is 101 g/mol. The Morgan fingerprint density at radius 3 is 1.57 bits per heavy atom. The van der Waals surface area contributed by atoms with E-state index in [1.165, 1.54) is 6.92 Å². The molecule has 0 aliphatic carbocycles. The molecule has 0 unspecified atom stereocenters. The lowest BCUT2D eigenvalue weighted by atomic mass is 10.5. The zero-order chi connectivity index (χ0) is 6.28. The first-order chi connectivity index (χ1) is 3.15. The molecule has 0 aliphatic heterocycles. The van der Waals surface area contributed by atoms with E-state index >= 15 is 0 Å². The number of aliphatic hydroxyl groups is 1. The Balaban J connectivity index is 0. The van der Waals surface area contributed by atoms with E-state index in [9.17, 15) is 0 Å². The highest BCUT2D eigenvalue weighted by atomic mass is 16.3. The van der Waals surface area contributed by atoms with Gasteiger partial charge in [0.25, 0.3) is 0 Å². The van der Waals surface area contributed by atoms with Gasteiger partial charge < -0.3 is 5.11 Å². The Hall–Kier alpha value is -0.550. The third-order valence-corrected chi connectivity index (χ3v) is 0. The van der Waals surface area contributed by atoms with E-state index in [1.54, 1.807) is 19.9 Å². The van der Waals surface area contributed by atoms with Gasteiger partial charge in [0, 0.05) is 13.0 Å². The largest absolute Gasteiger partial charge is 0.394 e. The maximum atomic E-state index is 8.06. The molecule has 0 rings (SSSR count). The molecule has 1 N–H and O–H groups in total. The minimum absolute atomic E-state index is 0.167. The molecule has 0 atom stereocenters. The van der Waals surface area contributed by atoms with Crippen LogP contribution in [-0.4, -0.2) is 11.2 Å². The van der Waals surface area contributed by atoms with Crippen molar-refractivity contribution >= 4 is 0 Å². The van der Waals surface area contributed by atoms with Crippen LogP contribution in [0, 0.1) is 11.3 Å². The zero-order valence-corrected chi connectivity index (χ0v) is 4.97. The van der Waals surface area contributed by atoms with Gasteiger partial charge in [0.05, 0.1) is 6.07 Å². The van der Waals surface area contributed by atoms with Crippen LogP contribution in [-0.2, 0) is 0 Å². The summed E-state index contributed by atoms with van der Waals surface area (Å²) in [5.74, 6) is 0. The van der Waals surface area contributed by atoms with Crippen LogP contribution in [0.5, 0.6) is 0 Å². The van der Waals surface area contributed by atoms with Crippen molar-refractivity contribution in [3.63, 3.8) is 0 Å². The van der Waals surface area contributed by atoms with Gasteiger partial charge in [-0.25, -0.2) is 0 Å². The molecule has 7 heavy (non-hydrogen) atoms. The molecule has 0 spiro atoms. The molecule has 0 aromatic carbocycles. The predicted octanol–water partition coefficient (Wildman–Crippen LogP) is 0.917. The van der Waals surface area contributed by atoms with Gasteiger partial charge in [0.1, 0.15) is 0 Å². The molecule has 0 saturated carbocycles. The summed E-state index contributed by atoms with van der Waals surface area (Å²) in [4.78, 5) is 0. The molecular formula is C5H11NO. The van der Waals surface area contributed by atoms with Crippen molar-refractivity contribution in [1.82, 2.24) is 0 Å². The third-order valence-electron chi connectivity index (χ3n) is 0. The maximum absolute atomic E-state index is 8.06. The van der Waals surface area contributed by atoms with E-state index in [2.05, 4.69) is 0 Å². The van der Waals surface area contributed by atoms with Gasteiger partial charge >= 0.3 is 0 Å². The number of rotatable bonds is 0. The molecule has 2 nitrogen and oxygen atoms in total. The minimum atomic E-state index is -0.167. The van der Waals surface area contributed by atoms with Crippen molar-refractivity contribution in [1.29, 1.82) is 5.26 Å². The van der Waals surface area contributed by atoms with Crippen molar-refractivity contribution in [2.24, 2.45) is 0 Å². The average Bonchev–Trinajstić information content (AvgIpc) is 1.33. The molecule has 0 heterocycles. The molecular weight excluding hydrogens is 90.1 g/mol. The van der Waals surface area contributed by atoms with Gasteiger partial charge in [0.15, 0.2) is 0 Å². The molecule has 42 valence electrons. The van der Waals surface area contributed by atoms with Crippen LogP contribution in [0.3, 0.4) is 0 Å². The van der Waals surface area contributed by atoms with Crippen LogP contribution in [0.25, 0.3) is 0 Å². The van der Waals surface area contributed by atoms with Crippen LogP contribution < -0.4 is 0 Å². The molecule has 0 saturated heterocycles. The number of hydrogen-bond donors (Lipinski definition) is 1. The van der Waals surface area contributed by atoms with Crippen LogP contribution in [0.15, 0.2) is 0 Å². The zero-order valence-electron chi connectivity index (χ0n) is 4.97. The van der Waals surface area contributed by atoms with Crippen molar-refractivity contribution in [2.45, 2.75) is 26.9 Å². The van der Waals surface area contributed by atoms with Gasteiger partial charge in [-0.15, -0.1) is 0 Å². The van der Waals surface area contributed by atoms with Gasteiger partial charge in [-0.1, -0.05) is 0 Å². The summed E-state index contributed by atoms with van der Waals surface area (Å²) < 4.78 is 0. The van der Waals surface area contributed by atoms with Crippen LogP contribution in [0.4, 0.5) is 0 Å². The Morgan fingerprint density at radius 1 is 1.57 bits per heavy atom. The molecule has 0 amide bonds. The van der Waals surface area contributed by atoms with Crippen LogP contribution >= 0.6 is 0 Å². The molecule has 0 fully saturated rings. The summed E-state index contributed by atoms with van der Waals surface area (Å²) in [6.07, 6.45) is -0.167. The fourth-order valence-electron chi connectivity index (χ4n) is 0. The minimum Gasteiger partial charge on any atom is -0.394 e. The van der Waals surface area contributed by atoms with E-state index < -0.39 is 0 Å². The van der Waals surface area contributed by atoms with Crippen molar-refractivity contribution in [2.75, 3.05) is 0 Å².